The van der Waals surface area contributed by atoms with E-state index in [1.165, 1.54) is 0 Å². The molecule has 6 nitrogen and oxygen atoms in total. The van der Waals surface area contributed by atoms with Gasteiger partial charge in [0.1, 0.15) is 17.6 Å². The lowest BCUT2D eigenvalue weighted by Gasteiger charge is -2.21. The Balaban J connectivity index is 2.05. The molecule has 1 aromatic carbocycles. The molecule has 1 saturated heterocycles. The molecule has 2 rings (SSSR count). The van der Waals surface area contributed by atoms with Crippen molar-refractivity contribution in [1.29, 1.82) is 0 Å². The maximum Gasteiger partial charge on any atom is 0.242 e. The molecular formula is C14H20N2O4S. The van der Waals surface area contributed by atoms with Gasteiger partial charge in [0.2, 0.25) is 5.91 Å². The van der Waals surface area contributed by atoms with Gasteiger partial charge in [0.15, 0.2) is 9.84 Å². The number of nitrogens with one attached hydrogen (secondary N) is 1. The minimum Gasteiger partial charge on any atom is -0.492 e. The number of ether oxygens (including phenoxy) is 1. The molecule has 1 aromatic rings. The summed E-state index contributed by atoms with van der Waals surface area (Å²) in [6.07, 6.45) is 1.78. The van der Waals surface area contributed by atoms with E-state index < -0.39 is 21.0 Å². The summed E-state index contributed by atoms with van der Waals surface area (Å²) in [4.78, 5) is 12.2. The van der Waals surface area contributed by atoms with Crippen molar-refractivity contribution in [3.63, 3.8) is 0 Å². The van der Waals surface area contributed by atoms with Crippen LogP contribution in [0.3, 0.4) is 0 Å². The highest BCUT2D eigenvalue weighted by Crippen LogP contribution is 2.22. The summed E-state index contributed by atoms with van der Waals surface area (Å²) in [5.41, 5.74) is 5.88. The van der Waals surface area contributed by atoms with E-state index in [1.54, 1.807) is 24.3 Å². The molecule has 0 aromatic heterocycles. The lowest BCUT2D eigenvalue weighted by Crippen LogP contribution is -2.39. The smallest absolute Gasteiger partial charge is 0.242 e. The minimum atomic E-state index is -3.33. The van der Waals surface area contributed by atoms with E-state index in [4.69, 9.17) is 10.5 Å². The van der Waals surface area contributed by atoms with Crippen LogP contribution in [0.15, 0.2) is 24.3 Å². The van der Waals surface area contributed by atoms with Crippen molar-refractivity contribution in [3.8, 4) is 5.75 Å². The summed E-state index contributed by atoms with van der Waals surface area (Å²) in [5.74, 6) is 0.209. The van der Waals surface area contributed by atoms with Crippen LogP contribution in [0.5, 0.6) is 5.75 Å². The topological polar surface area (TPSA) is 98.5 Å². The highest BCUT2D eigenvalue weighted by atomic mass is 32.2. The largest absolute Gasteiger partial charge is 0.492 e. The van der Waals surface area contributed by atoms with Crippen LogP contribution in [0.4, 0.5) is 5.69 Å². The Morgan fingerprint density at radius 1 is 1.38 bits per heavy atom. The van der Waals surface area contributed by atoms with Gasteiger partial charge in [-0.3, -0.25) is 4.79 Å². The summed E-state index contributed by atoms with van der Waals surface area (Å²) in [5, 5.41) is 1.71. The number of nitrogens with two attached hydrogens (primary N) is 1. The molecule has 1 aliphatic heterocycles. The van der Waals surface area contributed by atoms with Crippen molar-refractivity contribution in [2.75, 3.05) is 24.2 Å². The third-order valence-electron chi connectivity index (χ3n) is 3.36. The zero-order chi connectivity index (χ0) is 15.3. The maximum atomic E-state index is 12.2. The van der Waals surface area contributed by atoms with Crippen LogP contribution in [0, 0.1) is 0 Å². The summed E-state index contributed by atoms with van der Waals surface area (Å²) < 4.78 is 29.2. The van der Waals surface area contributed by atoms with Crippen LogP contribution in [0.25, 0.3) is 0 Å². The zero-order valence-electron chi connectivity index (χ0n) is 11.7. The van der Waals surface area contributed by atoms with Crippen LogP contribution in [0.2, 0.25) is 0 Å². The van der Waals surface area contributed by atoms with Crippen molar-refractivity contribution in [1.82, 2.24) is 0 Å². The Kier molecular flexibility index (Phi) is 5.19. The molecule has 1 amide bonds. The van der Waals surface area contributed by atoms with Gasteiger partial charge >= 0.3 is 0 Å². The SMILES string of the molecule is NCCOc1cccc(NC(=O)C2CCCCS2(=O)=O)c1. The third-order valence-corrected chi connectivity index (χ3v) is 5.53. The minimum absolute atomic E-state index is 0.0880. The van der Waals surface area contributed by atoms with Gasteiger partial charge in [0.25, 0.3) is 0 Å². The number of sulfone groups is 1. The lowest BCUT2D eigenvalue weighted by atomic mass is 10.2. The van der Waals surface area contributed by atoms with Crippen molar-refractivity contribution < 1.29 is 17.9 Å². The van der Waals surface area contributed by atoms with Gasteiger partial charge in [-0.25, -0.2) is 8.42 Å². The highest BCUT2D eigenvalue weighted by Gasteiger charge is 2.34. The van der Waals surface area contributed by atoms with Gasteiger partial charge in [0, 0.05) is 18.3 Å². The van der Waals surface area contributed by atoms with Crippen LogP contribution in [-0.2, 0) is 14.6 Å². The second-order valence-electron chi connectivity index (χ2n) is 5.01. The van der Waals surface area contributed by atoms with Gasteiger partial charge in [-0.05, 0) is 25.0 Å². The molecule has 0 spiro atoms. The van der Waals surface area contributed by atoms with Crippen LogP contribution in [0.1, 0.15) is 19.3 Å². The number of carbonyl (C=O) groups excluding carboxylic acids is 1. The van der Waals surface area contributed by atoms with E-state index >= 15 is 0 Å². The first kappa shape index (κ1) is 15.8. The number of hydrogen-bond donors (Lipinski definition) is 2. The van der Waals surface area contributed by atoms with E-state index in [0.29, 0.717) is 37.4 Å². The molecule has 116 valence electrons. The molecule has 7 heteroatoms. The monoisotopic (exact) mass is 312 g/mol. The number of benzene rings is 1. The first-order valence-corrected chi connectivity index (χ1v) is 8.70. The Morgan fingerprint density at radius 2 is 2.19 bits per heavy atom. The third kappa shape index (κ3) is 4.18. The number of rotatable bonds is 5. The molecule has 1 fully saturated rings. The molecule has 1 aliphatic rings. The fourth-order valence-corrected chi connectivity index (χ4v) is 4.11. The molecule has 1 unspecified atom stereocenters. The van der Waals surface area contributed by atoms with Crippen molar-refractivity contribution in [2.45, 2.75) is 24.5 Å². The molecule has 1 atom stereocenters. The standard InChI is InChI=1S/C14H20N2O4S/c15-7-8-20-12-5-3-4-11(10-12)16-14(17)13-6-1-2-9-21(13,18)19/h3-5,10,13H,1-2,6-9,15H2,(H,16,17). The van der Waals surface area contributed by atoms with Gasteiger partial charge in [-0.1, -0.05) is 12.5 Å². The number of hydrogen-bond acceptors (Lipinski definition) is 5. The molecule has 0 aliphatic carbocycles. The normalized spacial score (nSPS) is 20.7. The van der Waals surface area contributed by atoms with Crippen molar-refractivity contribution in [3.05, 3.63) is 24.3 Å². The van der Waals surface area contributed by atoms with Gasteiger partial charge in [0.05, 0.1) is 5.75 Å². The van der Waals surface area contributed by atoms with E-state index in [2.05, 4.69) is 5.32 Å². The van der Waals surface area contributed by atoms with Crippen LogP contribution in [-0.4, -0.2) is 38.5 Å². The maximum absolute atomic E-state index is 12.2. The van der Waals surface area contributed by atoms with E-state index in [1.807, 2.05) is 0 Å². The molecule has 0 bridgehead atoms. The molecular weight excluding hydrogens is 292 g/mol. The predicted octanol–water partition coefficient (Wildman–Crippen LogP) is 0.930. The zero-order valence-corrected chi connectivity index (χ0v) is 12.6. The molecule has 1 heterocycles. The van der Waals surface area contributed by atoms with E-state index in [9.17, 15) is 13.2 Å². The Bertz CT molecular complexity index is 601. The first-order valence-electron chi connectivity index (χ1n) is 6.98. The second kappa shape index (κ2) is 6.91. The molecule has 21 heavy (non-hydrogen) atoms. The van der Waals surface area contributed by atoms with E-state index in [0.717, 1.165) is 6.42 Å². The fourth-order valence-electron chi connectivity index (χ4n) is 2.31. The van der Waals surface area contributed by atoms with Gasteiger partial charge in [-0.15, -0.1) is 0 Å². The summed E-state index contributed by atoms with van der Waals surface area (Å²) in [6.45, 7) is 0.783. The second-order valence-corrected chi connectivity index (χ2v) is 7.31. The van der Waals surface area contributed by atoms with Crippen LogP contribution < -0.4 is 15.8 Å². The molecule has 0 saturated carbocycles. The summed E-state index contributed by atoms with van der Waals surface area (Å²) in [7, 11) is -3.33. The first-order chi connectivity index (χ1) is 10.0. The van der Waals surface area contributed by atoms with E-state index in [-0.39, 0.29) is 5.75 Å². The van der Waals surface area contributed by atoms with Crippen LogP contribution >= 0.6 is 0 Å². The predicted molar refractivity (Wildman–Crippen MR) is 81.0 cm³/mol. The average molecular weight is 312 g/mol. The quantitative estimate of drug-likeness (QED) is 0.843. The van der Waals surface area contributed by atoms with Gasteiger partial charge in [-0.2, -0.15) is 0 Å². The Labute approximate surface area is 124 Å². The highest BCUT2D eigenvalue weighted by molar-refractivity contribution is 7.92. The lowest BCUT2D eigenvalue weighted by molar-refractivity contribution is -0.116. The Hall–Kier alpha value is -1.60. The summed E-state index contributed by atoms with van der Waals surface area (Å²) >= 11 is 0. The number of amides is 1. The average Bonchev–Trinajstić information content (AvgIpc) is 2.45. The van der Waals surface area contributed by atoms with Gasteiger partial charge < -0.3 is 15.8 Å². The number of anilines is 1. The van der Waals surface area contributed by atoms with Crippen molar-refractivity contribution in [2.24, 2.45) is 5.73 Å². The molecule has 3 N–H and O–H groups in total. The number of carbonyl (C=O) groups is 1. The molecule has 0 radical (unpaired) electrons. The fraction of sp³-hybridized carbons (Fsp3) is 0.500. The van der Waals surface area contributed by atoms with Crippen molar-refractivity contribution >= 4 is 21.4 Å². The summed E-state index contributed by atoms with van der Waals surface area (Å²) in [6, 6.07) is 6.84. The Morgan fingerprint density at radius 3 is 2.90 bits per heavy atom.